The van der Waals surface area contributed by atoms with E-state index in [-0.39, 0.29) is 42.0 Å². The number of ether oxygens (including phenoxy) is 1. The molecule has 4 atom stereocenters. The Morgan fingerprint density at radius 2 is 1.75 bits per heavy atom. The van der Waals surface area contributed by atoms with Crippen LogP contribution in [0.4, 0.5) is 5.69 Å². The fourth-order valence-electron chi connectivity index (χ4n) is 4.33. The number of fused-ring (bicyclic) bond motifs is 5. The zero-order valence-corrected chi connectivity index (χ0v) is 15.2. The van der Waals surface area contributed by atoms with Gasteiger partial charge in [-0.05, 0) is 25.0 Å². The summed E-state index contributed by atoms with van der Waals surface area (Å²) in [5.41, 5.74) is 5.98. The maximum absolute atomic E-state index is 12.6. The fourth-order valence-corrected chi connectivity index (χ4v) is 4.33. The molecule has 4 unspecified atom stereocenters. The van der Waals surface area contributed by atoms with Gasteiger partial charge in [0, 0.05) is 13.1 Å². The van der Waals surface area contributed by atoms with Crippen molar-refractivity contribution < 1.29 is 23.9 Å². The van der Waals surface area contributed by atoms with Crippen molar-refractivity contribution in [3.8, 4) is 0 Å². The van der Waals surface area contributed by atoms with E-state index >= 15 is 0 Å². The third kappa shape index (κ3) is 3.06. The molecule has 0 saturated carbocycles. The van der Waals surface area contributed by atoms with Crippen molar-refractivity contribution in [2.45, 2.75) is 25.0 Å². The average molecular weight is 386 g/mol. The number of likely N-dealkylation sites (tertiary alicyclic amines) is 1. The molecule has 9 nitrogen and oxygen atoms in total. The quantitative estimate of drug-likeness (QED) is 0.564. The summed E-state index contributed by atoms with van der Waals surface area (Å²) >= 11 is 0. The first-order chi connectivity index (χ1) is 13.5. The van der Waals surface area contributed by atoms with E-state index in [1.807, 2.05) is 0 Å². The molecule has 3 aliphatic heterocycles. The third-order valence-corrected chi connectivity index (χ3v) is 5.55. The van der Waals surface area contributed by atoms with E-state index in [0.717, 1.165) is 17.7 Å². The summed E-state index contributed by atoms with van der Waals surface area (Å²) in [5.74, 6) is -2.51. The smallest absolute Gasteiger partial charge is 0.253 e. The molecule has 4 rings (SSSR count). The Morgan fingerprint density at radius 3 is 2.39 bits per heavy atom. The lowest BCUT2D eigenvalue weighted by Gasteiger charge is -2.17. The molecule has 0 aliphatic carbocycles. The van der Waals surface area contributed by atoms with E-state index in [4.69, 9.17) is 10.5 Å². The van der Waals surface area contributed by atoms with Crippen molar-refractivity contribution in [1.29, 1.82) is 0 Å². The van der Waals surface area contributed by atoms with E-state index in [1.165, 1.54) is 0 Å². The molecule has 3 aliphatic rings. The van der Waals surface area contributed by atoms with E-state index in [2.05, 4.69) is 10.6 Å². The van der Waals surface area contributed by atoms with Gasteiger partial charge < -0.3 is 21.1 Å². The number of nitrogens with two attached hydrogens (primary N) is 1. The molecule has 28 heavy (non-hydrogen) atoms. The number of anilines is 1. The number of nitrogens with zero attached hydrogens (tertiary/aromatic N) is 1. The number of hydrogen-bond acceptors (Lipinski definition) is 6. The Hall–Kier alpha value is -2.78. The van der Waals surface area contributed by atoms with E-state index in [9.17, 15) is 19.2 Å². The Bertz CT molecular complexity index is 813. The van der Waals surface area contributed by atoms with Gasteiger partial charge >= 0.3 is 0 Å². The number of hydrogen-bond donors (Lipinski definition) is 3. The highest BCUT2D eigenvalue weighted by atomic mass is 16.5. The SMILES string of the molecule is NCCNC(=O)c1ccccc1NC(=O)CN1C(=O)C2C3CCC(O3)C2C1=O. The third-order valence-electron chi connectivity index (χ3n) is 5.55. The minimum absolute atomic E-state index is 0.216. The van der Waals surface area contributed by atoms with Crippen LogP contribution in [0.5, 0.6) is 0 Å². The normalized spacial score (nSPS) is 27.8. The van der Waals surface area contributed by atoms with Crippen molar-refractivity contribution in [2.24, 2.45) is 17.6 Å². The molecule has 0 aromatic heterocycles. The molecule has 3 fully saturated rings. The molecular weight excluding hydrogens is 364 g/mol. The van der Waals surface area contributed by atoms with Crippen LogP contribution in [-0.2, 0) is 19.1 Å². The van der Waals surface area contributed by atoms with Crippen LogP contribution in [0.3, 0.4) is 0 Å². The number of amides is 4. The first-order valence-corrected chi connectivity index (χ1v) is 9.39. The van der Waals surface area contributed by atoms with Crippen molar-refractivity contribution >= 4 is 29.3 Å². The van der Waals surface area contributed by atoms with E-state index < -0.39 is 17.7 Å². The van der Waals surface area contributed by atoms with Gasteiger partial charge in [-0.25, -0.2) is 0 Å². The van der Waals surface area contributed by atoms with Gasteiger partial charge in [-0.15, -0.1) is 0 Å². The minimum atomic E-state index is -0.533. The molecule has 1 aromatic rings. The molecule has 9 heteroatoms. The summed E-state index contributed by atoms with van der Waals surface area (Å²) < 4.78 is 5.68. The van der Waals surface area contributed by atoms with Crippen molar-refractivity contribution in [1.82, 2.24) is 10.2 Å². The summed E-state index contributed by atoms with van der Waals surface area (Å²) in [7, 11) is 0. The number of imide groups is 1. The molecule has 2 bridgehead atoms. The Labute approximate surface area is 161 Å². The second-order valence-electron chi connectivity index (χ2n) is 7.24. The molecule has 1 aromatic carbocycles. The van der Waals surface area contributed by atoms with Crippen LogP contribution in [-0.4, -0.2) is 60.4 Å². The fraction of sp³-hybridized carbons (Fsp3) is 0.474. The van der Waals surface area contributed by atoms with Crippen LogP contribution in [0.2, 0.25) is 0 Å². The molecule has 3 saturated heterocycles. The summed E-state index contributed by atoms with van der Waals surface area (Å²) in [5, 5.41) is 5.28. The molecule has 0 spiro atoms. The number of nitrogens with one attached hydrogen (secondary N) is 2. The number of carbonyl (C=O) groups is 4. The van der Waals surface area contributed by atoms with Crippen LogP contribution in [0.15, 0.2) is 24.3 Å². The topological polar surface area (TPSA) is 131 Å². The van der Waals surface area contributed by atoms with Crippen LogP contribution < -0.4 is 16.4 Å². The molecule has 3 heterocycles. The second kappa shape index (κ2) is 7.33. The van der Waals surface area contributed by atoms with Gasteiger partial charge in [-0.3, -0.25) is 24.1 Å². The number of rotatable bonds is 6. The highest BCUT2D eigenvalue weighted by Crippen LogP contribution is 2.48. The van der Waals surface area contributed by atoms with Gasteiger partial charge in [0.25, 0.3) is 5.91 Å². The van der Waals surface area contributed by atoms with E-state index in [0.29, 0.717) is 18.8 Å². The van der Waals surface area contributed by atoms with Gasteiger partial charge in [0.05, 0.1) is 35.3 Å². The van der Waals surface area contributed by atoms with Gasteiger partial charge in [-0.1, -0.05) is 12.1 Å². The second-order valence-corrected chi connectivity index (χ2v) is 7.24. The van der Waals surface area contributed by atoms with Crippen molar-refractivity contribution in [3.63, 3.8) is 0 Å². The maximum atomic E-state index is 12.6. The minimum Gasteiger partial charge on any atom is -0.373 e. The lowest BCUT2D eigenvalue weighted by molar-refractivity contribution is -0.145. The van der Waals surface area contributed by atoms with Crippen LogP contribution in [0, 0.1) is 11.8 Å². The molecule has 148 valence electrons. The maximum Gasteiger partial charge on any atom is 0.253 e. The van der Waals surface area contributed by atoms with Crippen LogP contribution in [0.25, 0.3) is 0 Å². The summed E-state index contributed by atoms with van der Waals surface area (Å²) in [6.45, 7) is 0.238. The summed E-state index contributed by atoms with van der Waals surface area (Å²) in [6.07, 6.45) is 1.12. The van der Waals surface area contributed by atoms with Crippen molar-refractivity contribution in [3.05, 3.63) is 29.8 Å². The lowest BCUT2D eigenvalue weighted by atomic mass is 9.81. The lowest BCUT2D eigenvalue weighted by Crippen LogP contribution is -2.40. The monoisotopic (exact) mass is 386 g/mol. The summed E-state index contributed by atoms with van der Waals surface area (Å²) in [4.78, 5) is 51.0. The van der Waals surface area contributed by atoms with Crippen LogP contribution >= 0.6 is 0 Å². The Balaban J connectivity index is 1.44. The molecule has 4 amide bonds. The number of para-hydroxylation sites is 1. The van der Waals surface area contributed by atoms with Gasteiger partial charge in [0.2, 0.25) is 17.7 Å². The largest absolute Gasteiger partial charge is 0.373 e. The first kappa shape index (κ1) is 18.6. The van der Waals surface area contributed by atoms with Gasteiger partial charge in [-0.2, -0.15) is 0 Å². The number of benzene rings is 1. The highest BCUT2D eigenvalue weighted by Gasteiger charge is 2.62. The Kier molecular flexibility index (Phi) is 4.86. The molecule has 4 N–H and O–H groups in total. The predicted molar refractivity (Wildman–Crippen MR) is 98.1 cm³/mol. The Morgan fingerprint density at radius 1 is 1.11 bits per heavy atom. The first-order valence-electron chi connectivity index (χ1n) is 9.39. The summed E-state index contributed by atoms with van der Waals surface area (Å²) in [6, 6.07) is 6.52. The zero-order chi connectivity index (χ0) is 19.8. The standard InChI is InChI=1S/C19H22N4O5/c20-7-8-21-17(25)10-3-1-2-4-11(10)22-14(24)9-23-18(26)15-12-5-6-13(28-12)16(15)19(23)27/h1-4,12-13,15-16H,5-9,20H2,(H,21,25)(H,22,24). The van der Waals surface area contributed by atoms with E-state index in [1.54, 1.807) is 24.3 Å². The van der Waals surface area contributed by atoms with Crippen molar-refractivity contribution in [2.75, 3.05) is 25.0 Å². The van der Waals surface area contributed by atoms with Gasteiger partial charge in [0.1, 0.15) is 6.54 Å². The average Bonchev–Trinajstić information content (AvgIpc) is 3.36. The van der Waals surface area contributed by atoms with Gasteiger partial charge in [0.15, 0.2) is 0 Å². The zero-order valence-electron chi connectivity index (χ0n) is 15.2. The van der Waals surface area contributed by atoms with Crippen LogP contribution in [0.1, 0.15) is 23.2 Å². The molecule has 0 radical (unpaired) electrons. The predicted octanol–water partition coefficient (Wildman–Crippen LogP) is -0.524. The highest BCUT2D eigenvalue weighted by molar-refractivity contribution is 6.10. The molecular formula is C19H22N4O5. The number of carbonyl (C=O) groups excluding carboxylic acids is 4.